The lowest BCUT2D eigenvalue weighted by molar-refractivity contribution is 0.0725. The van der Waals surface area contributed by atoms with Crippen molar-refractivity contribution in [3.8, 4) is 5.75 Å². The number of ether oxygens (including phenoxy) is 2. The maximum atomic E-state index is 5.98. The Bertz CT molecular complexity index is 434. The first-order chi connectivity index (χ1) is 7.49. The molecule has 0 bridgehead atoms. The average molecular weight is 218 g/mol. The summed E-state index contributed by atoms with van der Waals surface area (Å²) in [6.07, 6.45) is 0.500. The normalized spacial score (nSPS) is 29.3. The van der Waals surface area contributed by atoms with E-state index in [4.69, 9.17) is 9.47 Å². The molecule has 2 aliphatic heterocycles. The van der Waals surface area contributed by atoms with Crippen LogP contribution in [0.5, 0.6) is 5.75 Å². The number of rotatable bonds is 1. The van der Waals surface area contributed by atoms with Crippen molar-refractivity contribution in [3.63, 3.8) is 0 Å². The second kappa shape index (κ2) is 3.01. The van der Waals surface area contributed by atoms with E-state index >= 15 is 0 Å². The molecule has 0 aliphatic carbocycles. The van der Waals surface area contributed by atoms with E-state index in [1.54, 1.807) is 0 Å². The van der Waals surface area contributed by atoms with E-state index in [0.717, 1.165) is 5.75 Å². The van der Waals surface area contributed by atoms with E-state index in [1.807, 2.05) is 0 Å². The van der Waals surface area contributed by atoms with Gasteiger partial charge in [-0.1, -0.05) is 19.9 Å². The van der Waals surface area contributed by atoms with Crippen LogP contribution in [0.4, 0.5) is 0 Å². The van der Waals surface area contributed by atoms with Gasteiger partial charge in [0.2, 0.25) is 0 Å². The van der Waals surface area contributed by atoms with Crippen molar-refractivity contribution in [3.05, 3.63) is 29.3 Å². The molecule has 0 amide bonds. The van der Waals surface area contributed by atoms with Crippen LogP contribution >= 0.6 is 0 Å². The van der Waals surface area contributed by atoms with Crippen LogP contribution in [0, 0.1) is 0 Å². The van der Waals surface area contributed by atoms with E-state index < -0.39 is 0 Å². The van der Waals surface area contributed by atoms with Crippen molar-refractivity contribution in [2.45, 2.75) is 51.4 Å². The highest BCUT2D eigenvalue weighted by molar-refractivity contribution is 5.45. The third kappa shape index (κ3) is 1.36. The summed E-state index contributed by atoms with van der Waals surface area (Å²) >= 11 is 0. The smallest absolute Gasteiger partial charge is 0.132 e. The Labute approximate surface area is 96.6 Å². The molecular weight excluding hydrogens is 200 g/mol. The standard InChI is InChI=1S/C14H18O2/c1-8(2)9-5-6-11-10(7-9)12-13(15-12)14(3,4)16-11/h5-8,12-13H,1-4H3/t12-,13+/m1/s1. The predicted octanol–water partition coefficient (Wildman–Crippen LogP) is 3.42. The Hall–Kier alpha value is -1.02. The third-order valence-electron chi connectivity index (χ3n) is 3.56. The second-order valence-electron chi connectivity index (χ2n) is 5.63. The summed E-state index contributed by atoms with van der Waals surface area (Å²) in [6, 6.07) is 6.48. The fraction of sp³-hybridized carbons (Fsp3) is 0.571. The van der Waals surface area contributed by atoms with Gasteiger partial charge >= 0.3 is 0 Å². The van der Waals surface area contributed by atoms with Crippen molar-refractivity contribution < 1.29 is 9.47 Å². The number of hydrogen-bond acceptors (Lipinski definition) is 2. The van der Waals surface area contributed by atoms with Gasteiger partial charge < -0.3 is 9.47 Å². The van der Waals surface area contributed by atoms with E-state index in [-0.39, 0.29) is 17.8 Å². The summed E-state index contributed by atoms with van der Waals surface area (Å²) in [5.41, 5.74) is 2.41. The Balaban J connectivity index is 2.03. The van der Waals surface area contributed by atoms with Gasteiger partial charge in [-0.15, -0.1) is 0 Å². The Morgan fingerprint density at radius 1 is 1.25 bits per heavy atom. The number of fused-ring (bicyclic) bond motifs is 3. The van der Waals surface area contributed by atoms with Gasteiger partial charge in [0, 0.05) is 5.56 Å². The van der Waals surface area contributed by atoms with Gasteiger partial charge in [0.05, 0.1) is 0 Å². The lowest BCUT2D eigenvalue weighted by Gasteiger charge is -2.29. The molecule has 3 rings (SSSR count). The van der Waals surface area contributed by atoms with Crippen LogP contribution in [0.3, 0.4) is 0 Å². The number of benzene rings is 1. The van der Waals surface area contributed by atoms with Crippen molar-refractivity contribution in [1.29, 1.82) is 0 Å². The van der Waals surface area contributed by atoms with E-state index in [1.165, 1.54) is 11.1 Å². The first-order valence-corrected chi connectivity index (χ1v) is 5.97. The molecule has 0 spiro atoms. The molecule has 2 heteroatoms. The topological polar surface area (TPSA) is 21.8 Å². The summed E-state index contributed by atoms with van der Waals surface area (Å²) in [6.45, 7) is 8.61. The van der Waals surface area contributed by atoms with Crippen molar-refractivity contribution in [2.75, 3.05) is 0 Å². The quantitative estimate of drug-likeness (QED) is 0.674. The minimum Gasteiger partial charge on any atom is -0.485 e. The van der Waals surface area contributed by atoms with Gasteiger partial charge in [0.1, 0.15) is 23.6 Å². The molecule has 2 atom stereocenters. The Morgan fingerprint density at radius 2 is 2.00 bits per heavy atom. The molecule has 1 saturated heterocycles. The lowest BCUT2D eigenvalue weighted by Crippen LogP contribution is -2.37. The van der Waals surface area contributed by atoms with Crippen LogP contribution < -0.4 is 4.74 Å². The molecular formula is C14H18O2. The summed E-state index contributed by atoms with van der Waals surface area (Å²) in [4.78, 5) is 0. The zero-order valence-corrected chi connectivity index (χ0v) is 10.3. The molecule has 86 valence electrons. The summed E-state index contributed by atoms with van der Waals surface area (Å²) in [7, 11) is 0. The highest BCUT2D eigenvalue weighted by atomic mass is 16.6. The maximum absolute atomic E-state index is 5.98. The van der Waals surface area contributed by atoms with E-state index in [9.17, 15) is 0 Å². The van der Waals surface area contributed by atoms with Crippen molar-refractivity contribution in [1.82, 2.24) is 0 Å². The first-order valence-electron chi connectivity index (χ1n) is 5.97. The van der Waals surface area contributed by atoms with E-state index in [0.29, 0.717) is 5.92 Å². The molecule has 1 fully saturated rings. The average Bonchev–Trinajstić information content (AvgIpc) is 2.97. The molecule has 0 saturated carbocycles. The van der Waals surface area contributed by atoms with Gasteiger partial charge in [-0.3, -0.25) is 0 Å². The molecule has 2 heterocycles. The fourth-order valence-electron chi connectivity index (χ4n) is 2.46. The summed E-state index contributed by atoms with van der Waals surface area (Å²) in [5.74, 6) is 1.55. The Kier molecular flexibility index (Phi) is 1.91. The molecule has 0 unspecified atom stereocenters. The number of hydrogen-bond donors (Lipinski definition) is 0. The van der Waals surface area contributed by atoms with Gasteiger partial charge in [0.15, 0.2) is 0 Å². The largest absolute Gasteiger partial charge is 0.485 e. The zero-order valence-electron chi connectivity index (χ0n) is 10.3. The summed E-state index contributed by atoms with van der Waals surface area (Å²) in [5, 5.41) is 0. The van der Waals surface area contributed by atoms with Crippen LogP contribution in [0.2, 0.25) is 0 Å². The lowest BCUT2D eigenvalue weighted by atomic mass is 9.91. The molecule has 0 radical (unpaired) electrons. The molecule has 2 aliphatic rings. The van der Waals surface area contributed by atoms with Crippen LogP contribution in [0.25, 0.3) is 0 Å². The fourth-order valence-corrected chi connectivity index (χ4v) is 2.46. The van der Waals surface area contributed by atoms with Gasteiger partial charge in [0.25, 0.3) is 0 Å². The highest BCUT2D eigenvalue weighted by Gasteiger charge is 2.56. The SMILES string of the molecule is CC(C)c1ccc2c(c1)[C@H]1O[C@@H]1C(C)(C)O2. The van der Waals surface area contributed by atoms with Gasteiger partial charge in [-0.25, -0.2) is 0 Å². The van der Waals surface area contributed by atoms with Gasteiger partial charge in [-0.05, 0) is 37.5 Å². The minimum absolute atomic E-state index is 0.184. The highest BCUT2D eigenvalue weighted by Crippen LogP contribution is 2.53. The minimum atomic E-state index is -0.184. The second-order valence-corrected chi connectivity index (χ2v) is 5.63. The van der Waals surface area contributed by atoms with Crippen LogP contribution in [-0.4, -0.2) is 11.7 Å². The van der Waals surface area contributed by atoms with Crippen molar-refractivity contribution >= 4 is 0 Å². The summed E-state index contributed by atoms with van der Waals surface area (Å²) < 4.78 is 11.7. The molecule has 0 aromatic heterocycles. The molecule has 16 heavy (non-hydrogen) atoms. The first kappa shape index (κ1) is 10.2. The molecule has 1 aromatic rings. The molecule has 2 nitrogen and oxygen atoms in total. The zero-order chi connectivity index (χ0) is 11.5. The maximum Gasteiger partial charge on any atom is 0.132 e. The van der Waals surface area contributed by atoms with Crippen LogP contribution in [-0.2, 0) is 4.74 Å². The third-order valence-corrected chi connectivity index (χ3v) is 3.56. The van der Waals surface area contributed by atoms with Gasteiger partial charge in [-0.2, -0.15) is 0 Å². The predicted molar refractivity (Wildman–Crippen MR) is 62.9 cm³/mol. The van der Waals surface area contributed by atoms with Crippen LogP contribution in [0.1, 0.15) is 50.8 Å². The van der Waals surface area contributed by atoms with Crippen molar-refractivity contribution in [2.24, 2.45) is 0 Å². The molecule has 1 aromatic carbocycles. The number of epoxide rings is 1. The monoisotopic (exact) mass is 218 g/mol. The molecule has 0 N–H and O–H groups in total. The Morgan fingerprint density at radius 3 is 2.69 bits per heavy atom. The van der Waals surface area contributed by atoms with Crippen LogP contribution in [0.15, 0.2) is 18.2 Å². The van der Waals surface area contributed by atoms with E-state index in [2.05, 4.69) is 45.9 Å².